The largest absolute Gasteiger partial charge is 0.389 e. The van der Waals surface area contributed by atoms with Crippen LogP contribution in [0.4, 0.5) is 14.9 Å². The molecular formula is C16H20FN3O3. The number of nitrogens with one attached hydrogen (secondary N) is 1. The van der Waals surface area contributed by atoms with E-state index in [1.165, 1.54) is 25.1 Å². The number of nitrogens with zero attached hydrogens (tertiary/aromatic N) is 2. The number of ether oxygens (including phenoxy) is 1. The molecule has 1 heterocycles. The van der Waals surface area contributed by atoms with E-state index < -0.39 is 18.0 Å². The zero-order valence-corrected chi connectivity index (χ0v) is 13.1. The van der Waals surface area contributed by atoms with E-state index in [1.807, 2.05) is 24.5 Å². The Morgan fingerprint density at radius 1 is 1.43 bits per heavy atom. The topological polar surface area (TPSA) is 66.7 Å². The molecule has 1 aromatic heterocycles. The van der Waals surface area contributed by atoms with E-state index in [0.29, 0.717) is 0 Å². The zero-order valence-electron chi connectivity index (χ0n) is 13.1. The number of amides is 2. The van der Waals surface area contributed by atoms with Crippen molar-refractivity contribution >= 4 is 11.7 Å². The summed E-state index contributed by atoms with van der Waals surface area (Å²) in [6, 6.07) is 7.66. The lowest BCUT2D eigenvalue weighted by atomic mass is 10.2. The second-order valence-corrected chi connectivity index (χ2v) is 5.17. The van der Waals surface area contributed by atoms with Gasteiger partial charge in [-0.15, -0.1) is 0 Å². The number of halogens is 1. The molecule has 7 heteroatoms. The summed E-state index contributed by atoms with van der Waals surface area (Å²) in [5.41, 5.74) is 0.808. The van der Waals surface area contributed by atoms with Gasteiger partial charge in [0.25, 0.3) is 0 Å². The molecule has 6 nitrogen and oxygen atoms in total. The predicted molar refractivity (Wildman–Crippen MR) is 85.3 cm³/mol. The Kier molecular flexibility index (Phi) is 5.72. The number of carbonyl (C=O) groups excluding carboxylic acids is 1. The summed E-state index contributed by atoms with van der Waals surface area (Å²) in [4.78, 5) is 13.4. The average molecular weight is 321 g/mol. The van der Waals surface area contributed by atoms with Crippen molar-refractivity contribution in [3.8, 4) is 5.69 Å². The van der Waals surface area contributed by atoms with E-state index in [9.17, 15) is 14.3 Å². The zero-order chi connectivity index (χ0) is 16.8. The normalized spacial score (nSPS) is 12.0. The van der Waals surface area contributed by atoms with Crippen LogP contribution in [-0.2, 0) is 4.74 Å². The number of aliphatic hydroxyl groups is 1. The molecule has 0 aliphatic heterocycles. The van der Waals surface area contributed by atoms with Gasteiger partial charge in [-0.1, -0.05) is 0 Å². The fraction of sp³-hybridized carbons (Fsp3) is 0.312. The number of benzene rings is 1. The van der Waals surface area contributed by atoms with Gasteiger partial charge < -0.3 is 24.6 Å². The van der Waals surface area contributed by atoms with Gasteiger partial charge in [0.05, 0.1) is 24.9 Å². The second-order valence-electron chi connectivity index (χ2n) is 5.17. The summed E-state index contributed by atoms with van der Waals surface area (Å²) in [6.07, 6.45) is 2.85. The van der Waals surface area contributed by atoms with Crippen LogP contribution in [0, 0.1) is 5.82 Å². The van der Waals surface area contributed by atoms with Gasteiger partial charge in [-0.05, 0) is 30.3 Å². The first-order valence-electron chi connectivity index (χ1n) is 7.13. The van der Waals surface area contributed by atoms with E-state index in [-0.39, 0.29) is 18.8 Å². The third-order valence-electron chi connectivity index (χ3n) is 3.28. The molecule has 0 saturated carbocycles. The van der Waals surface area contributed by atoms with Gasteiger partial charge in [-0.2, -0.15) is 0 Å². The van der Waals surface area contributed by atoms with Crippen LogP contribution in [0.2, 0.25) is 0 Å². The van der Waals surface area contributed by atoms with Crippen molar-refractivity contribution in [3.63, 3.8) is 0 Å². The SMILES string of the molecule is COCC(O)CN(C)C(=O)Nc1cc(-n2cccc2)ccc1F. The highest BCUT2D eigenvalue weighted by Gasteiger charge is 2.15. The Bertz CT molecular complexity index is 646. The molecule has 2 amide bonds. The van der Waals surface area contributed by atoms with Gasteiger partial charge >= 0.3 is 6.03 Å². The number of aliphatic hydroxyl groups excluding tert-OH is 1. The maximum atomic E-state index is 13.9. The van der Waals surface area contributed by atoms with E-state index in [4.69, 9.17) is 4.74 Å². The minimum absolute atomic E-state index is 0.0780. The van der Waals surface area contributed by atoms with Crippen molar-refractivity contribution in [1.29, 1.82) is 0 Å². The molecule has 0 aliphatic carbocycles. The van der Waals surface area contributed by atoms with Crippen molar-refractivity contribution in [2.75, 3.05) is 32.6 Å². The second kappa shape index (κ2) is 7.75. The fourth-order valence-electron chi connectivity index (χ4n) is 2.13. The Balaban J connectivity index is 2.07. The number of hydrogen-bond donors (Lipinski definition) is 2. The molecule has 0 bridgehead atoms. The van der Waals surface area contributed by atoms with Crippen LogP contribution in [0.3, 0.4) is 0 Å². The maximum absolute atomic E-state index is 13.9. The highest BCUT2D eigenvalue weighted by molar-refractivity contribution is 5.89. The smallest absolute Gasteiger partial charge is 0.321 e. The van der Waals surface area contributed by atoms with E-state index in [2.05, 4.69) is 5.32 Å². The van der Waals surface area contributed by atoms with Gasteiger partial charge in [0.1, 0.15) is 5.82 Å². The Labute approximate surface area is 134 Å². The number of urea groups is 1. The molecule has 2 rings (SSSR count). The lowest BCUT2D eigenvalue weighted by Gasteiger charge is -2.21. The molecule has 1 aromatic carbocycles. The summed E-state index contributed by atoms with van der Waals surface area (Å²) < 4.78 is 20.5. The van der Waals surface area contributed by atoms with Crippen molar-refractivity contribution in [3.05, 3.63) is 48.5 Å². The molecule has 2 N–H and O–H groups in total. The molecule has 23 heavy (non-hydrogen) atoms. The molecule has 2 aromatic rings. The third-order valence-corrected chi connectivity index (χ3v) is 3.28. The van der Waals surface area contributed by atoms with Crippen LogP contribution in [-0.4, -0.2) is 54.0 Å². The lowest BCUT2D eigenvalue weighted by Crippen LogP contribution is -2.38. The molecule has 0 aliphatic rings. The van der Waals surface area contributed by atoms with Crippen LogP contribution in [0.25, 0.3) is 5.69 Å². The summed E-state index contributed by atoms with van der Waals surface area (Å²) >= 11 is 0. The van der Waals surface area contributed by atoms with Gasteiger partial charge in [0.15, 0.2) is 0 Å². The quantitative estimate of drug-likeness (QED) is 0.856. The van der Waals surface area contributed by atoms with Gasteiger partial charge in [0.2, 0.25) is 0 Å². The molecule has 0 spiro atoms. The van der Waals surface area contributed by atoms with Crippen molar-refractivity contribution < 1.29 is 19.0 Å². The first-order valence-corrected chi connectivity index (χ1v) is 7.13. The molecule has 0 fully saturated rings. The van der Waals surface area contributed by atoms with Crippen molar-refractivity contribution in [2.24, 2.45) is 0 Å². The number of methoxy groups -OCH3 is 1. The monoisotopic (exact) mass is 321 g/mol. The maximum Gasteiger partial charge on any atom is 0.321 e. The number of rotatable bonds is 6. The van der Waals surface area contributed by atoms with Crippen LogP contribution in [0.5, 0.6) is 0 Å². The predicted octanol–water partition coefficient (Wildman–Crippen LogP) is 2.09. The number of aromatic nitrogens is 1. The molecule has 1 atom stereocenters. The van der Waals surface area contributed by atoms with Crippen molar-refractivity contribution in [2.45, 2.75) is 6.10 Å². The highest BCUT2D eigenvalue weighted by Crippen LogP contribution is 2.19. The lowest BCUT2D eigenvalue weighted by molar-refractivity contribution is 0.0501. The highest BCUT2D eigenvalue weighted by atomic mass is 19.1. The van der Waals surface area contributed by atoms with E-state index in [0.717, 1.165) is 5.69 Å². The Morgan fingerprint density at radius 2 is 2.13 bits per heavy atom. The fourth-order valence-corrected chi connectivity index (χ4v) is 2.13. The Morgan fingerprint density at radius 3 is 2.78 bits per heavy atom. The summed E-state index contributed by atoms with van der Waals surface area (Å²) in [5, 5.41) is 12.1. The number of anilines is 1. The number of carbonyl (C=O) groups is 1. The van der Waals surface area contributed by atoms with Crippen LogP contribution >= 0.6 is 0 Å². The minimum atomic E-state index is -0.799. The standard InChI is InChI=1S/C16H20FN3O3/c1-19(10-13(21)11-23-2)16(22)18-15-9-12(5-6-14(15)17)20-7-3-4-8-20/h3-9,13,21H,10-11H2,1-2H3,(H,18,22). The third kappa shape index (κ3) is 4.54. The van der Waals surface area contributed by atoms with Crippen LogP contribution < -0.4 is 5.32 Å². The number of likely N-dealkylation sites (N-methyl/N-ethyl adjacent to an activating group) is 1. The minimum Gasteiger partial charge on any atom is -0.389 e. The van der Waals surface area contributed by atoms with Crippen molar-refractivity contribution in [1.82, 2.24) is 9.47 Å². The molecular weight excluding hydrogens is 301 g/mol. The summed E-state index contributed by atoms with van der Waals surface area (Å²) in [7, 11) is 2.98. The molecule has 0 saturated heterocycles. The first-order chi connectivity index (χ1) is 11.0. The number of hydrogen-bond acceptors (Lipinski definition) is 3. The van der Waals surface area contributed by atoms with E-state index >= 15 is 0 Å². The molecule has 0 radical (unpaired) electrons. The van der Waals surface area contributed by atoms with Crippen LogP contribution in [0.15, 0.2) is 42.7 Å². The van der Waals surface area contributed by atoms with E-state index in [1.54, 1.807) is 16.7 Å². The van der Waals surface area contributed by atoms with Gasteiger partial charge in [-0.25, -0.2) is 9.18 Å². The molecule has 1 unspecified atom stereocenters. The van der Waals surface area contributed by atoms with Crippen LogP contribution in [0.1, 0.15) is 0 Å². The van der Waals surface area contributed by atoms with Gasteiger partial charge in [0, 0.05) is 32.2 Å². The summed E-state index contributed by atoms with van der Waals surface area (Å²) in [6.45, 7) is 0.202. The Hall–Kier alpha value is -2.38. The summed E-state index contributed by atoms with van der Waals surface area (Å²) in [5.74, 6) is -0.528. The van der Waals surface area contributed by atoms with Gasteiger partial charge in [-0.3, -0.25) is 0 Å². The average Bonchev–Trinajstić information content (AvgIpc) is 3.03. The molecule has 124 valence electrons. The first kappa shape index (κ1) is 17.0.